The summed E-state index contributed by atoms with van der Waals surface area (Å²) >= 11 is 0. The number of halogens is 1. The number of aromatic nitrogens is 2. The van der Waals surface area contributed by atoms with E-state index in [-0.39, 0.29) is 17.7 Å². The zero-order valence-corrected chi connectivity index (χ0v) is 14.5. The molecule has 8 heteroatoms. The van der Waals surface area contributed by atoms with Crippen LogP contribution >= 0.6 is 0 Å². The Morgan fingerprint density at radius 1 is 1.22 bits per heavy atom. The maximum Gasteiger partial charge on any atom is 0.255 e. The molecule has 1 aromatic heterocycles. The third-order valence-electron chi connectivity index (χ3n) is 4.39. The number of nitrogens with two attached hydrogens (primary N) is 1. The second-order valence-electron chi connectivity index (χ2n) is 6.26. The molecule has 5 N–H and O–H groups in total. The number of amides is 1. The van der Waals surface area contributed by atoms with Gasteiger partial charge in [-0.3, -0.25) is 9.89 Å². The molecule has 1 atom stereocenters. The van der Waals surface area contributed by atoms with E-state index in [1.165, 1.54) is 12.1 Å². The van der Waals surface area contributed by atoms with Gasteiger partial charge in [0.15, 0.2) is 5.96 Å². The summed E-state index contributed by atoms with van der Waals surface area (Å²) in [6.45, 7) is 1.76. The van der Waals surface area contributed by atoms with E-state index in [4.69, 9.17) is 5.73 Å². The fourth-order valence-electron chi connectivity index (χ4n) is 3.10. The lowest BCUT2D eigenvalue weighted by atomic mass is 9.95. The van der Waals surface area contributed by atoms with E-state index in [0.29, 0.717) is 22.5 Å². The molecule has 2 heterocycles. The molecule has 0 bridgehead atoms. The number of rotatable bonds is 3. The SMILES string of the molecule is CC1=C(C(=O)Nc2ccc3[nH]ncc3c2)C(c2ccc(F)cc2)N=C(N)N1. The van der Waals surface area contributed by atoms with Gasteiger partial charge in [0.25, 0.3) is 5.91 Å². The molecule has 0 aliphatic carbocycles. The highest BCUT2D eigenvalue weighted by atomic mass is 19.1. The lowest BCUT2D eigenvalue weighted by Gasteiger charge is -2.25. The molecule has 1 aliphatic heterocycles. The molecular weight excluding hydrogens is 347 g/mol. The van der Waals surface area contributed by atoms with Gasteiger partial charge in [-0.1, -0.05) is 12.1 Å². The number of anilines is 1. The fraction of sp³-hybridized carbons (Fsp3) is 0.105. The van der Waals surface area contributed by atoms with Crippen LogP contribution in [0.2, 0.25) is 0 Å². The number of carbonyl (C=O) groups is 1. The van der Waals surface area contributed by atoms with E-state index < -0.39 is 6.04 Å². The van der Waals surface area contributed by atoms with Crippen LogP contribution in [0.25, 0.3) is 10.9 Å². The summed E-state index contributed by atoms with van der Waals surface area (Å²) in [5.41, 5.74) is 9.04. The molecule has 0 saturated carbocycles. The van der Waals surface area contributed by atoms with Gasteiger partial charge >= 0.3 is 0 Å². The summed E-state index contributed by atoms with van der Waals surface area (Å²) in [5, 5.41) is 13.5. The number of guanidine groups is 1. The lowest BCUT2D eigenvalue weighted by Crippen LogP contribution is -2.38. The predicted octanol–water partition coefficient (Wildman–Crippen LogP) is 2.57. The van der Waals surface area contributed by atoms with Crippen LogP contribution in [0, 0.1) is 5.82 Å². The summed E-state index contributed by atoms with van der Waals surface area (Å²) in [6, 6.07) is 10.7. The number of hydrogen-bond acceptors (Lipinski definition) is 5. The largest absolute Gasteiger partial charge is 0.370 e. The minimum atomic E-state index is -0.621. The van der Waals surface area contributed by atoms with Crippen LogP contribution in [0.3, 0.4) is 0 Å². The van der Waals surface area contributed by atoms with Gasteiger partial charge in [-0.2, -0.15) is 5.10 Å². The topological polar surface area (TPSA) is 108 Å². The van der Waals surface area contributed by atoms with E-state index in [1.807, 2.05) is 12.1 Å². The quantitative estimate of drug-likeness (QED) is 0.573. The highest BCUT2D eigenvalue weighted by molar-refractivity contribution is 6.07. The second kappa shape index (κ2) is 6.56. The summed E-state index contributed by atoms with van der Waals surface area (Å²) < 4.78 is 13.3. The smallest absolute Gasteiger partial charge is 0.255 e. The van der Waals surface area contributed by atoms with E-state index in [9.17, 15) is 9.18 Å². The molecular formula is C19H17FN6O. The number of nitrogens with one attached hydrogen (secondary N) is 3. The molecule has 27 heavy (non-hydrogen) atoms. The molecule has 0 spiro atoms. The van der Waals surface area contributed by atoms with Crippen molar-refractivity contribution < 1.29 is 9.18 Å². The molecule has 0 radical (unpaired) electrons. The number of benzene rings is 2. The number of hydrogen-bond donors (Lipinski definition) is 4. The average Bonchev–Trinajstić information content (AvgIpc) is 3.09. The maximum atomic E-state index is 13.3. The fourth-order valence-corrected chi connectivity index (χ4v) is 3.10. The Morgan fingerprint density at radius 3 is 2.78 bits per heavy atom. The van der Waals surface area contributed by atoms with Gasteiger partial charge < -0.3 is 16.4 Å². The van der Waals surface area contributed by atoms with Crippen molar-refractivity contribution in [2.45, 2.75) is 13.0 Å². The molecule has 4 rings (SSSR count). The molecule has 1 amide bonds. The second-order valence-corrected chi connectivity index (χ2v) is 6.26. The monoisotopic (exact) mass is 364 g/mol. The van der Waals surface area contributed by atoms with Crippen LogP contribution in [0.5, 0.6) is 0 Å². The first-order chi connectivity index (χ1) is 13.0. The van der Waals surface area contributed by atoms with Crippen LogP contribution in [0.15, 0.2) is 64.9 Å². The molecule has 1 unspecified atom stereocenters. The molecule has 7 nitrogen and oxygen atoms in total. The van der Waals surface area contributed by atoms with E-state index >= 15 is 0 Å². The highest BCUT2D eigenvalue weighted by Crippen LogP contribution is 2.31. The van der Waals surface area contributed by atoms with Gasteiger partial charge in [-0.15, -0.1) is 0 Å². The summed E-state index contributed by atoms with van der Waals surface area (Å²) in [5.74, 6) is -0.462. The van der Waals surface area contributed by atoms with Gasteiger partial charge in [0, 0.05) is 16.8 Å². The Morgan fingerprint density at radius 2 is 2.00 bits per heavy atom. The van der Waals surface area contributed by atoms with Gasteiger partial charge in [0.05, 0.1) is 17.3 Å². The third kappa shape index (κ3) is 3.24. The molecule has 136 valence electrons. The Labute approximate surface area is 154 Å². The van der Waals surface area contributed by atoms with Crippen molar-refractivity contribution in [1.82, 2.24) is 15.5 Å². The summed E-state index contributed by atoms with van der Waals surface area (Å²) in [4.78, 5) is 17.3. The van der Waals surface area contributed by atoms with Gasteiger partial charge in [-0.25, -0.2) is 9.38 Å². The Bertz CT molecular complexity index is 1080. The van der Waals surface area contributed by atoms with Crippen LogP contribution < -0.4 is 16.4 Å². The van der Waals surface area contributed by atoms with Crippen LogP contribution in [0.1, 0.15) is 18.5 Å². The maximum absolute atomic E-state index is 13.3. The van der Waals surface area contributed by atoms with Gasteiger partial charge in [-0.05, 0) is 42.8 Å². The number of aromatic amines is 1. The van der Waals surface area contributed by atoms with Crippen molar-refractivity contribution >= 4 is 28.5 Å². The van der Waals surface area contributed by atoms with Gasteiger partial charge in [0.1, 0.15) is 11.9 Å². The molecule has 0 fully saturated rings. The minimum Gasteiger partial charge on any atom is -0.370 e. The first-order valence-electron chi connectivity index (χ1n) is 8.32. The molecule has 2 aromatic carbocycles. The lowest BCUT2D eigenvalue weighted by molar-refractivity contribution is -0.113. The van der Waals surface area contributed by atoms with Crippen LogP contribution in [0.4, 0.5) is 10.1 Å². The number of fused-ring (bicyclic) bond motifs is 1. The molecule has 1 aliphatic rings. The number of H-pyrrole nitrogens is 1. The third-order valence-corrected chi connectivity index (χ3v) is 4.39. The number of nitrogens with zero attached hydrogens (tertiary/aromatic N) is 2. The standard InChI is InChI=1S/C19H17FN6O/c1-10-16(17(25-19(21)23-10)11-2-4-13(20)5-3-11)18(27)24-14-6-7-15-12(8-14)9-22-26-15/h2-9,17H,1H3,(H,22,26)(H,24,27)(H3,21,23,25). The number of aliphatic imine (C=N–C) groups is 1. The predicted molar refractivity (Wildman–Crippen MR) is 101 cm³/mol. The molecule has 3 aromatic rings. The zero-order valence-electron chi connectivity index (χ0n) is 14.5. The van der Waals surface area contributed by atoms with E-state index in [1.54, 1.807) is 31.3 Å². The van der Waals surface area contributed by atoms with E-state index in [0.717, 1.165) is 10.9 Å². The Balaban J connectivity index is 1.66. The van der Waals surface area contributed by atoms with Crippen LogP contribution in [-0.4, -0.2) is 22.1 Å². The minimum absolute atomic E-state index is 0.207. The Kier molecular flexibility index (Phi) is 4.08. The summed E-state index contributed by atoms with van der Waals surface area (Å²) in [6.07, 6.45) is 1.68. The number of carbonyl (C=O) groups excluding carboxylic acids is 1. The van der Waals surface area contributed by atoms with Crippen molar-refractivity contribution in [3.8, 4) is 0 Å². The van der Waals surface area contributed by atoms with Crippen molar-refractivity contribution in [2.75, 3.05) is 5.32 Å². The zero-order chi connectivity index (χ0) is 19.0. The Hall–Kier alpha value is -3.68. The van der Waals surface area contributed by atoms with Crippen molar-refractivity contribution in [2.24, 2.45) is 10.7 Å². The van der Waals surface area contributed by atoms with Crippen LogP contribution in [-0.2, 0) is 4.79 Å². The normalized spacial score (nSPS) is 16.8. The molecule has 0 saturated heterocycles. The number of allylic oxidation sites excluding steroid dienone is 1. The highest BCUT2D eigenvalue weighted by Gasteiger charge is 2.28. The summed E-state index contributed by atoms with van der Waals surface area (Å²) in [7, 11) is 0. The van der Waals surface area contributed by atoms with Gasteiger partial charge in [0.2, 0.25) is 0 Å². The first kappa shape index (κ1) is 16.8. The average molecular weight is 364 g/mol. The van der Waals surface area contributed by atoms with Crippen molar-refractivity contribution in [3.63, 3.8) is 0 Å². The van der Waals surface area contributed by atoms with Crippen molar-refractivity contribution in [1.29, 1.82) is 0 Å². The van der Waals surface area contributed by atoms with Crippen molar-refractivity contribution in [3.05, 3.63) is 71.3 Å². The van der Waals surface area contributed by atoms with E-state index in [2.05, 4.69) is 25.8 Å². The first-order valence-corrected chi connectivity index (χ1v) is 8.32.